The van der Waals surface area contributed by atoms with E-state index in [4.69, 9.17) is 0 Å². The summed E-state index contributed by atoms with van der Waals surface area (Å²) in [6, 6.07) is 0. The van der Waals surface area contributed by atoms with Gasteiger partial charge in [0.15, 0.2) is 5.01 Å². The first kappa shape index (κ1) is 7.68. The van der Waals surface area contributed by atoms with Crippen molar-refractivity contribution < 1.29 is 4.79 Å². The van der Waals surface area contributed by atoms with Gasteiger partial charge >= 0.3 is 0 Å². The van der Waals surface area contributed by atoms with E-state index in [0.29, 0.717) is 5.01 Å². The molecule has 0 aliphatic rings. The van der Waals surface area contributed by atoms with Crippen LogP contribution >= 0.6 is 27.3 Å². The lowest BCUT2D eigenvalue weighted by Crippen LogP contribution is -2.17. The number of aromatic nitrogens is 1. The van der Waals surface area contributed by atoms with Crippen LogP contribution in [0.1, 0.15) is 9.80 Å². The molecule has 1 heterocycles. The summed E-state index contributed by atoms with van der Waals surface area (Å²) >= 11 is 4.52. The van der Waals surface area contributed by atoms with E-state index in [2.05, 4.69) is 26.2 Å². The first-order valence-electron chi connectivity index (χ1n) is 2.57. The van der Waals surface area contributed by atoms with Crippen molar-refractivity contribution in [2.24, 2.45) is 0 Å². The van der Waals surface area contributed by atoms with E-state index in [1.807, 2.05) is 0 Å². The largest absolute Gasteiger partial charge is 0.353 e. The van der Waals surface area contributed by atoms with Gasteiger partial charge in [0.25, 0.3) is 5.91 Å². The van der Waals surface area contributed by atoms with E-state index >= 15 is 0 Å². The molecule has 0 aliphatic carbocycles. The molecule has 0 bridgehead atoms. The number of nitrogens with zero attached hydrogens (tertiary/aromatic N) is 1. The molecule has 10 heavy (non-hydrogen) atoms. The molecule has 0 saturated heterocycles. The Morgan fingerprint density at radius 1 is 1.90 bits per heavy atom. The summed E-state index contributed by atoms with van der Waals surface area (Å²) in [5.41, 5.74) is 0. The molecule has 0 fully saturated rings. The number of carbonyl (C=O) groups excluding carboxylic acids is 1. The van der Waals surface area contributed by atoms with Crippen molar-refractivity contribution in [3.05, 3.63) is 15.0 Å². The quantitative estimate of drug-likeness (QED) is 0.775. The summed E-state index contributed by atoms with van der Waals surface area (Å²) in [6.07, 6.45) is 1.61. The minimum absolute atomic E-state index is 0.143. The Morgan fingerprint density at radius 2 is 2.60 bits per heavy atom. The van der Waals surface area contributed by atoms with Crippen molar-refractivity contribution in [3.8, 4) is 0 Å². The van der Waals surface area contributed by atoms with Gasteiger partial charge in [-0.15, -0.1) is 11.3 Å². The maximum Gasteiger partial charge on any atom is 0.280 e. The lowest BCUT2D eigenvalue weighted by molar-refractivity contribution is 0.0963. The third-order valence-electron chi connectivity index (χ3n) is 0.899. The molecule has 1 N–H and O–H groups in total. The Morgan fingerprint density at radius 3 is 3.00 bits per heavy atom. The van der Waals surface area contributed by atoms with Crippen LogP contribution < -0.4 is 5.32 Å². The summed E-state index contributed by atoms with van der Waals surface area (Å²) in [5.74, 6) is -0.143. The summed E-state index contributed by atoms with van der Waals surface area (Å²) in [6.45, 7) is 0. The topological polar surface area (TPSA) is 42.0 Å². The van der Waals surface area contributed by atoms with Crippen molar-refractivity contribution in [1.82, 2.24) is 10.3 Å². The van der Waals surface area contributed by atoms with Gasteiger partial charge in [-0.05, 0) is 15.9 Å². The molecule has 0 aromatic carbocycles. The highest BCUT2D eigenvalue weighted by Gasteiger charge is 2.06. The van der Waals surface area contributed by atoms with Crippen molar-refractivity contribution in [2.75, 3.05) is 7.05 Å². The molecule has 3 nitrogen and oxygen atoms in total. The molecule has 0 aliphatic heterocycles. The van der Waals surface area contributed by atoms with E-state index < -0.39 is 0 Å². The molecule has 1 amide bonds. The van der Waals surface area contributed by atoms with Gasteiger partial charge in [-0.1, -0.05) is 0 Å². The van der Waals surface area contributed by atoms with Gasteiger partial charge in [-0.2, -0.15) is 0 Å². The molecule has 5 heteroatoms. The fraction of sp³-hybridized carbons (Fsp3) is 0.200. The number of nitrogens with one attached hydrogen (secondary N) is 1. The Balaban J connectivity index is 2.85. The first-order valence-corrected chi connectivity index (χ1v) is 4.18. The third-order valence-corrected chi connectivity index (χ3v) is 2.37. The van der Waals surface area contributed by atoms with Crippen LogP contribution in [0.3, 0.4) is 0 Å². The maximum absolute atomic E-state index is 10.8. The fourth-order valence-electron chi connectivity index (χ4n) is 0.466. The highest BCUT2D eigenvalue weighted by molar-refractivity contribution is 9.11. The summed E-state index contributed by atoms with van der Waals surface area (Å²) < 4.78 is 0.867. The molecular formula is C5H5BrN2OS. The molecule has 1 aromatic heterocycles. The van der Waals surface area contributed by atoms with Crippen molar-refractivity contribution in [1.29, 1.82) is 0 Å². The average Bonchev–Trinajstić information content (AvgIpc) is 2.34. The third kappa shape index (κ3) is 1.54. The number of carbonyl (C=O) groups is 1. The Bertz CT molecular complexity index is 248. The minimum atomic E-state index is -0.143. The van der Waals surface area contributed by atoms with Gasteiger partial charge in [0, 0.05) is 7.05 Å². The number of thiazole rings is 1. The van der Waals surface area contributed by atoms with Gasteiger partial charge in [-0.3, -0.25) is 4.79 Å². The molecule has 1 rings (SSSR count). The Labute approximate surface area is 70.6 Å². The van der Waals surface area contributed by atoms with Crippen molar-refractivity contribution >= 4 is 33.2 Å². The van der Waals surface area contributed by atoms with Gasteiger partial charge in [0.2, 0.25) is 0 Å². The van der Waals surface area contributed by atoms with Crippen LogP contribution in [0, 0.1) is 0 Å². The van der Waals surface area contributed by atoms with Crippen LogP contribution in [-0.2, 0) is 0 Å². The predicted molar refractivity (Wildman–Crippen MR) is 43.2 cm³/mol. The number of halogens is 1. The second-order valence-electron chi connectivity index (χ2n) is 1.55. The zero-order chi connectivity index (χ0) is 7.56. The van der Waals surface area contributed by atoms with E-state index in [1.165, 1.54) is 11.3 Å². The Hall–Kier alpha value is -0.420. The fourth-order valence-corrected chi connectivity index (χ4v) is 1.62. The highest BCUT2D eigenvalue weighted by Crippen LogP contribution is 2.18. The summed E-state index contributed by atoms with van der Waals surface area (Å²) in [7, 11) is 1.58. The van der Waals surface area contributed by atoms with E-state index in [-0.39, 0.29) is 5.91 Å². The average molecular weight is 221 g/mol. The predicted octanol–water partition coefficient (Wildman–Crippen LogP) is 1.27. The maximum atomic E-state index is 10.8. The molecule has 0 spiro atoms. The number of hydrogen-bond acceptors (Lipinski definition) is 3. The first-order chi connectivity index (χ1) is 4.74. The van der Waals surface area contributed by atoms with Crippen LogP contribution in [0.4, 0.5) is 0 Å². The van der Waals surface area contributed by atoms with Crippen LogP contribution in [0.25, 0.3) is 0 Å². The van der Waals surface area contributed by atoms with Crippen LogP contribution in [0.15, 0.2) is 9.98 Å². The second-order valence-corrected chi connectivity index (χ2v) is 3.96. The second kappa shape index (κ2) is 3.12. The van der Waals surface area contributed by atoms with Gasteiger partial charge < -0.3 is 5.32 Å². The van der Waals surface area contributed by atoms with Gasteiger partial charge in [-0.25, -0.2) is 4.98 Å². The van der Waals surface area contributed by atoms with E-state index in [9.17, 15) is 4.79 Å². The number of hydrogen-bond donors (Lipinski definition) is 1. The molecule has 1 aromatic rings. The standard InChI is InChI=1S/C5H5BrN2OS/c1-7-4(9)5-8-2-3(6)10-5/h2H,1H3,(H,7,9). The highest BCUT2D eigenvalue weighted by atomic mass is 79.9. The molecular weight excluding hydrogens is 216 g/mol. The summed E-state index contributed by atoms with van der Waals surface area (Å²) in [4.78, 5) is 14.7. The minimum Gasteiger partial charge on any atom is -0.353 e. The zero-order valence-corrected chi connectivity index (χ0v) is 7.62. The summed E-state index contributed by atoms with van der Waals surface area (Å²) in [5, 5.41) is 2.96. The van der Waals surface area contributed by atoms with Crippen molar-refractivity contribution in [2.45, 2.75) is 0 Å². The monoisotopic (exact) mass is 220 g/mol. The van der Waals surface area contributed by atoms with E-state index in [0.717, 1.165) is 3.79 Å². The van der Waals surface area contributed by atoms with E-state index in [1.54, 1.807) is 13.2 Å². The zero-order valence-electron chi connectivity index (χ0n) is 5.22. The SMILES string of the molecule is CNC(=O)c1ncc(Br)s1. The normalized spacial score (nSPS) is 9.40. The lowest BCUT2D eigenvalue weighted by atomic mass is 10.6. The smallest absolute Gasteiger partial charge is 0.280 e. The molecule has 0 radical (unpaired) electrons. The number of rotatable bonds is 1. The van der Waals surface area contributed by atoms with Crippen LogP contribution in [0.2, 0.25) is 0 Å². The van der Waals surface area contributed by atoms with Crippen LogP contribution in [-0.4, -0.2) is 17.9 Å². The van der Waals surface area contributed by atoms with Gasteiger partial charge in [0.1, 0.15) is 0 Å². The number of amides is 1. The lowest BCUT2D eigenvalue weighted by Gasteiger charge is -1.89. The van der Waals surface area contributed by atoms with Crippen molar-refractivity contribution in [3.63, 3.8) is 0 Å². The van der Waals surface area contributed by atoms with Gasteiger partial charge in [0.05, 0.1) is 9.98 Å². The molecule has 0 atom stereocenters. The molecule has 54 valence electrons. The Kier molecular flexibility index (Phi) is 2.39. The molecule has 0 saturated carbocycles. The molecule has 0 unspecified atom stereocenters. The van der Waals surface area contributed by atoms with Crippen LogP contribution in [0.5, 0.6) is 0 Å².